The van der Waals surface area contributed by atoms with Crippen molar-refractivity contribution in [1.29, 1.82) is 0 Å². The van der Waals surface area contributed by atoms with E-state index in [2.05, 4.69) is 0 Å². The van der Waals surface area contributed by atoms with Gasteiger partial charge in [0.1, 0.15) is 0 Å². The van der Waals surface area contributed by atoms with Crippen molar-refractivity contribution in [2.24, 2.45) is 0 Å². The molecule has 2 bridgehead atoms. The Balaban J connectivity index is 1.56. The molecule has 2 aliphatic heterocycles. The Kier molecular flexibility index (Phi) is 5.25. The van der Waals surface area contributed by atoms with Gasteiger partial charge in [0, 0.05) is 17.6 Å². The maximum absolute atomic E-state index is 13.2. The number of piperidine rings is 1. The number of fused-ring (bicyclic) bond motifs is 2. The molecule has 2 heterocycles. The van der Waals surface area contributed by atoms with Crippen molar-refractivity contribution in [2.75, 3.05) is 14.2 Å². The number of hydrogen-bond acceptors (Lipinski definition) is 5. The van der Waals surface area contributed by atoms with Crippen molar-refractivity contribution in [3.63, 3.8) is 0 Å². The molecule has 2 aromatic carbocycles. The van der Waals surface area contributed by atoms with Crippen molar-refractivity contribution < 1.29 is 22.7 Å². The van der Waals surface area contributed by atoms with Gasteiger partial charge >= 0.3 is 0 Å². The Morgan fingerprint density at radius 2 is 1.55 bits per heavy atom. The molecular weight excluding hydrogens is 390 g/mol. The molecule has 2 saturated heterocycles. The maximum atomic E-state index is 13.2. The highest BCUT2D eigenvalue weighted by Crippen LogP contribution is 2.41. The third-order valence-corrected chi connectivity index (χ3v) is 8.26. The Hall–Kier alpha value is -2.54. The molecule has 0 saturated carbocycles. The lowest BCUT2D eigenvalue weighted by molar-refractivity contribution is 0.0598. The van der Waals surface area contributed by atoms with E-state index in [9.17, 15) is 13.2 Å². The van der Waals surface area contributed by atoms with Crippen LogP contribution in [0.1, 0.15) is 36.0 Å². The van der Waals surface area contributed by atoms with Crippen molar-refractivity contribution in [2.45, 2.75) is 47.9 Å². The Morgan fingerprint density at radius 1 is 0.931 bits per heavy atom. The van der Waals surface area contributed by atoms with E-state index in [1.54, 1.807) is 49.6 Å². The summed E-state index contributed by atoms with van der Waals surface area (Å²) in [5.41, 5.74) is 0.531. The average Bonchev–Trinajstić information content (AvgIpc) is 3.01. The Morgan fingerprint density at radius 3 is 2.14 bits per heavy atom. The Bertz CT molecular complexity index is 991. The second-order valence-electron chi connectivity index (χ2n) is 7.62. The quantitative estimate of drug-likeness (QED) is 0.749. The normalized spacial score (nSPS) is 23.7. The minimum Gasteiger partial charge on any atom is -0.493 e. The summed E-state index contributed by atoms with van der Waals surface area (Å²) in [6.45, 7) is 0. The second kappa shape index (κ2) is 7.71. The number of amides is 1. The van der Waals surface area contributed by atoms with Crippen LogP contribution in [0.25, 0.3) is 0 Å². The van der Waals surface area contributed by atoms with E-state index in [0.29, 0.717) is 34.8 Å². The summed E-state index contributed by atoms with van der Waals surface area (Å²) in [5.74, 6) is 1.00. The maximum Gasteiger partial charge on any atom is 0.254 e. The van der Waals surface area contributed by atoms with Gasteiger partial charge in [0.15, 0.2) is 21.3 Å². The van der Waals surface area contributed by atoms with Crippen molar-refractivity contribution in [3.05, 3.63) is 54.1 Å². The van der Waals surface area contributed by atoms with E-state index in [4.69, 9.17) is 9.47 Å². The van der Waals surface area contributed by atoms with E-state index in [-0.39, 0.29) is 18.0 Å². The predicted molar refractivity (Wildman–Crippen MR) is 109 cm³/mol. The first-order valence-electron chi connectivity index (χ1n) is 9.79. The van der Waals surface area contributed by atoms with Gasteiger partial charge in [-0.1, -0.05) is 18.2 Å². The third-order valence-electron chi connectivity index (χ3n) is 6.07. The van der Waals surface area contributed by atoms with Crippen LogP contribution in [0.2, 0.25) is 0 Å². The van der Waals surface area contributed by atoms with Crippen LogP contribution in [0.4, 0.5) is 0 Å². The van der Waals surface area contributed by atoms with Crippen LogP contribution in [0.3, 0.4) is 0 Å². The van der Waals surface area contributed by atoms with Crippen LogP contribution in [0.5, 0.6) is 11.5 Å². The van der Waals surface area contributed by atoms with Gasteiger partial charge in [0.05, 0.1) is 24.4 Å². The second-order valence-corrected chi connectivity index (χ2v) is 9.85. The number of nitrogens with zero attached hydrogens (tertiary/aromatic N) is 1. The highest BCUT2D eigenvalue weighted by Gasteiger charge is 2.47. The zero-order valence-corrected chi connectivity index (χ0v) is 17.4. The van der Waals surface area contributed by atoms with Crippen molar-refractivity contribution >= 4 is 15.7 Å². The highest BCUT2D eigenvalue weighted by molar-refractivity contribution is 7.92. The topological polar surface area (TPSA) is 72.9 Å². The van der Waals surface area contributed by atoms with Gasteiger partial charge in [-0.25, -0.2) is 8.42 Å². The largest absolute Gasteiger partial charge is 0.493 e. The van der Waals surface area contributed by atoms with Crippen LogP contribution < -0.4 is 9.47 Å². The highest BCUT2D eigenvalue weighted by atomic mass is 32.2. The number of sulfone groups is 1. The molecule has 0 radical (unpaired) electrons. The van der Waals surface area contributed by atoms with Gasteiger partial charge < -0.3 is 14.4 Å². The number of carbonyl (C=O) groups excluding carboxylic acids is 1. The molecule has 7 heteroatoms. The molecule has 2 atom stereocenters. The summed E-state index contributed by atoms with van der Waals surface area (Å²) >= 11 is 0. The first kappa shape index (κ1) is 19.8. The molecule has 0 N–H and O–H groups in total. The third kappa shape index (κ3) is 3.48. The fourth-order valence-electron chi connectivity index (χ4n) is 4.63. The minimum atomic E-state index is -3.40. The van der Waals surface area contributed by atoms with Crippen LogP contribution in [0.15, 0.2) is 53.4 Å². The average molecular weight is 416 g/mol. The van der Waals surface area contributed by atoms with Gasteiger partial charge in [0.2, 0.25) is 0 Å². The zero-order chi connectivity index (χ0) is 20.6. The van der Waals surface area contributed by atoms with Crippen LogP contribution in [0, 0.1) is 0 Å². The summed E-state index contributed by atoms with van der Waals surface area (Å²) in [6, 6.07) is 13.6. The summed E-state index contributed by atoms with van der Waals surface area (Å²) in [5, 5.41) is -0.447. The van der Waals surface area contributed by atoms with Crippen LogP contribution in [-0.4, -0.2) is 50.8 Å². The summed E-state index contributed by atoms with van der Waals surface area (Å²) in [4.78, 5) is 15.5. The molecule has 29 heavy (non-hydrogen) atoms. The number of hydrogen-bond donors (Lipinski definition) is 0. The molecular formula is C22H25NO5S. The van der Waals surface area contributed by atoms with Gasteiger partial charge in [-0.15, -0.1) is 0 Å². The van der Waals surface area contributed by atoms with E-state index in [1.165, 1.54) is 7.11 Å². The van der Waals surface area contributed by atoms with E-state index >= 15 is 0 Å². The molecule has 1 amide bonds. The summed E-state index contributed by atoms with van der Waals surface area (Å²) in [6.07, 6.45) is 2.63. The molecule has 6 nitrogen and oxygen atoms in total. The summed E-state index contributed by atoms with van der Waals surface area (Å²) < 4.78 is 36.7. The first-order valence-corrected chi connectivity index (χ1v) is 11.3. The standard InChI is InChI=1S/C22H25NO5S/c1-27-20-11-8-15(12-21(20)28-2)22(24)23-16-9-10-17(23)14-19(13-16)29(25,26)18-6-4-3-5-7-18/h3-8,11-12,16-17,19H,9-10,13-14H2,1-2H3. The minimum absolute atomic E-state index is 0.0576. The van der Waals surface area contributed by atoms with Gasteiger partial charge in [-0.05, 0) is 56.0 Å². The fraction of sp³-hybridized carbons (Fsp3) is 0.409. The van der Waals surface area contributed by atoms with Gasteiger partial charge in [-0.2, -0.15) is 0 Å². The van der Waals surface area contributed by atoms with Crippen molar-refractivity contribution in [3.8, 4) is 11.5 Å². The molecule has 2 aromatic rings. The number of benzene rings is 2. The molecule has 4 rings (SSSR count). The van der Waals surface area contributed by atoms with Gasteiger partial charge in [-0.3, -0.25) is 4.79 Å². The molecule has 0 aliphatic carbocycles. The number of methoxy groups -OCH3 is 2. The monoisotopic (exact) mass is 415 g/mol. The van der Waals surface area contributed by atoms with Crippen LogP contribution >= 0.6 is 0 Å². The van der Waals surface area contributed by atoms with Crippen LogP contribution in [-0.2, 0) is 9.84 Å². The van der Waals surface area contributed by atoms with Gasteiger partial charge in [0.25, 0.3) is 5.91 Å². The molecule has 0 spiro atoms. The SMILES string of the molecule is COc1ccc(C(=O)N2C3CCC2CC(S(=O)(=O)c2ccccc2)C3)cc1OC. The van der Waals surface area contributed by atoms with E-state index in [0.717, 1.165) is 12.8 Å². The zero-order valence-electron chi connectivity index (χ0n) is 16.6. The molecule has 0 aromatic heterocycles. The summed E-state index contributed by atoms with van der Waals surface area (Å²) in [7, 11) is -0.305. The molecule has 2 aliphatic rings. The van der Waals surface area contributed by atoms with E-state index < -0.39 is 15.1 Å². The molecule has 2 unspecified atom stereocenters. The first-order chi connectivity index (χ1) is 14.0. The number of ether oxygens (including phenoxy) is 2. The fourth-order valence-corrected chi connectivity index (χ4v) is 6.51. The van der Waals surface area contributed by atoms with E-state index in [1.807, 2.05) is 11.0 Å². The lowest BCUT2D eigenvalue weighted by Crippen LogP contribution is -2.49. The van der Waals surface area contributed by atoms with Crippen molar-refractivity contribution in [1.82, 2.24) is 4.90 Å². The number of carbonyl (C=O) groups is 1. The predicted octanol–water partition coefficient (Wildman–Crippen LogP) is 3.31. The molecule has 2 fully saturated rings. The lowest BCUT2D eigenvalue weighted by atomic mass is 10.0. The smallest absolute Gasteiger partial charge is 0.254 e. The number of rotatable bonds is 5. The lowest BCUT2D eigenvalue weighted by Gasteiger charge is -2.38. The molecule has 154 valence electrons. The Labute approximate surface area is 171 Å².